The van der Waals surface area contributed by atoms with Crippen molar-refractivity contribution < 1.29 is 21.9 Å². The van der Waals surface area contributed by atoms with Crippen LogP contribution >= 0.6 is 0 Å². The van der Waals surface area contributed by atoms with Crippen LogP contribution in [0.5, 0.6) is 5.75 Å². The van der Waals surface area contributed by atoms with Crippen molar-refractivity contribution >= 4 is 15.7 Å². The van der Waals surface area contributed by atoms with E-state index in [0.29, 0.717) is 18.7 Å². The molecule has 1 atom stereocenters. The number of benzene rings is 1. The Balaban J connectivity index is 2.01. The van der Waals surface area contributed by atoms with Gasteiger partial charge in [-0.25, -0.2) is 8.42 Å². The third-order valence-electron chi connectivity index (χ3n) is 3.03. The van der Waals surface area contributed by atoms with E-state index in [0.717, 1.165) is 13.0 Å². The number of piperidine rings is 1. The molecule has 1 fully saturated rings. The van der Waals surface area contributed by atoms with Crippen LogP contribution in [0, 0.1) is 0 Å². The molecular weight excluding hydrogens is 290 g/mol. The number of hydrogen-bond donors (Lipinski definition) is 2. The van der Waals surface area contributed by atoms with E-state index in [1.807, 2.05) is 0 Å². The van der Waals surface area contributed by atoms with Gasteiger partial charge < -0.3 is 10.1 Å². The average Bonchev–Trinajstić information content (AvgIpc) is 2.41. The summed E-state index contributed by atoms with van der Waals surface area (Å²) in [4.78, 5) is 0. The topological polar surface area (TPSA) is 67.4 Å². The lowest BCUT2D eigenvalue weighted by atomic mass is 10.2. The lowest BCUT2D eigenvalue weighted by molar-refractivity contribution is -0.0498. The number of hydrogen-bond acceptors (Lipinski definition) is 4. The zero-order chi connectivity index (χ0) is 14.6. The maximum atomic E-state index is 12.1. The Kier molecular flexibility index (Phi) is 4.77. The Morgan fingerprint density at radius 3 is 2.55 bits per heavy atom. The monoisotopic (exact) mass is 306 g/mol. The maximum Gasteiger partial charge on any atom is 0.387 e. The second-order valence-corrected chi connectivity index (χ2v) is 6.48. The van der Waals surface area contributed by atoms with Gasteiger partial charge in [-0.15, -0.1) is 0 Å². The van der Waals surface area contributed by atoms with Gasteiger partial charge >= 0.3 is 6.61 Å². The molecule has 1 saturated heterocycles. The molecule has 112 valence electrons. The van der Waals surface area contributed by atoms with Crippen molar-refractivity contribution in [3.05, 3.63) is 24.3 Å². The summed E-state index contributed by atoms with van der Waals surface area (Å²) in [6.07, 6.45) is 1.42. The molecule has 2 N–H and O–H groups in total. The molecule has 8 heteroatoms. The third kappa shape index (κ3) is 4.04. The van der Waals surface area contributed by atoms with Crippen LogP contribution in [-0.2, 0) is 10.0 Å². The highest BCUT2D eigenvalue weighted by molar-refractivity contribution is 7.93. The number of sulfonamides is 1. The fourth-order valence-corrected chi connectivity index (χ4v) is 3.48. The number of alkyl halides is 2. The molecule has 0 spiro atoms. The molecule has 0 aliphatic carbocycles. The van der Waals surface area contributed by atoms with Crippen LogP contribution in [0.1, 0.15) is 12.8 Å². The highest BCUT2D eigenvalue weighted by atomic mass is 32.2. The molecule has 0 aromatic heterocycles. The summed E-state index contributed by atoms with van der Waals surface area (Å²) in [5, 5.41) is 2.56. The number of anilines is 1. The summed E-state index contributed by atoms with van der Waals surface area (Å²) in [7, 11) is -3.47. The molecular formula is C12H16F2N2O3S. The second kappa shape index (κ2) is 6.36. The lowest BCUT2D eigenvalue weighted by Gasteiger charge is -2.23. The first-order valence-corrected chi connectivity index (χ1v) is 7.79. The molecule has 0 amide bonds. The largest absolute Gasteiger partial charge is 0.435 e. The summed E-state index contributed by atoms with van der Waals surface area (Å²) in [6, 6.07) is 5.38. The second-order valence-electron chi connectivity index (χ2n) is 4.52. The van der Waals surface area contributed by atoms with Crippen molar-refractivity contribution in [2.45, 2.75) is 24.7 Å². The molecule has 0 bridgehead atoms. The van der Waals surface area contributed by atoms with Gasteiger partial charge in [0.05, 0.1) is 5.25 Å². The highest BCUT2D eigenvalue weighted by Crippen LogP contribution is 2.20. The quantitative estimate of drug-likeness (QED) is 0.870. The molecule has 1 aliphatic rings. The molecule has 1 heterocycles. The minimum Gasteiger partial charge on any atom is -0.435 e. The summed E-state index contributed by atoms with van der Waals surface area (Å²) in [5.74, 6) is -0.0118. The lowest BCUT2D eigenvalue weighted by Crippen LogP contribution is -2.41. The van der Waals surface area contributed by atoms with E-state index in [2.05, 4.69) is 14.8 Å². The number of nitrogens with one attached hydrogen (secondary N) is 2. The van der Waals surface area contributed by atoms with Crippen molar-refractivity contribution in [1.82, 2.24) is 5.32 Å². The fraction of sp³-hybridized carbons (Fsp3) is 0.500. The van der Waals surface area contributed by atoms with Crippen LogP contribution in [0.25, 0.3) is 0 Å². The molecule has 0 radical (unpaired) electrons. The summed E-state index contributed by atoms with van der Waals surface area (Å²) in [5.41, 5.74) is 0.331. The first-order valence-electron chi connectivity index (χ1n) is 6.24. The summed E-state index contributed by atoms with van der Waals surface area (Å²) in [6.45, 7) is -1.65. The Morgan fingerprint density at radius 2 is 2.00 bits per heavy atom. The molecule has 1 aromatic carbocycles. The van der Waals surface area contributed by atoms with Gasteiger partial charge in [0.15, 0.2) is 0 Å². The van der Waals surface area contributed by atoms with E-state index in [9.17, 15) is 17.2 Å². The van der Waals surface area contributed by atoms with Gasteiger partial charge in [-0.2, -0.15) is 8.78 Å². The third-order valence-corrected chi connectivity index (χ3v) is 4.83. The Bertz CT molecular complexity index is 528. The summed E-state index contributed by atoms with van der Waals surface area (Å²) >= 11 is 0. The van der Waals surface area contributed by atoms with Gasteiger partial charge in [-0.3, -0.25) is 4.72 Å². The van der Waals surface area contributed by atoms with Crippen LogP contribution < -0.4 is 14.8 Å². The van der Waals surface area contributed by atoms with E-state index < -0.39 is 21.9 Å². The summed E-state index contributed by atoms with van der Waals surface area (Å²) < 4.78 is 54.9. The number of ether oxygens (including phenoxy) is 1. The van der Waals surface area contributed by atoms with Gasteiger partial charge in [-0.05, 0) is 43.7 Å². The Morgan fingerprint density at radius 1 is 1.30 bits per heavy atom. The average molecular weight is 306 g/mol. The Labute approximate surface area is 116 Å². The van der Waals surface area contributed by atoms with E-state index in [1.54, 1.807) is 0 Å². The number of rotatable bonds is 5. The van der Waals surface area contributed by atoms with Gasteiger partial charge in [0.2, 0.25) is 10.0 Å². The van der Waals surface area contributed by atoms with Crippen molar-refractivity contribution in [1.29, 1.82) is 0 Å². The van der Waals surface area contributed by atoms with Crippen molar-refractivity contribution in [2.75, 3.05) is 17.8 Å². The molecule has 5 nitrogen and oxygen atoms in total. The normalized spacial score (nSPS) is 19.9. The van der Waals surface area contributed by atoms with E-state index >= 15 is 0 Å². The van der Waals surface area contributed by atoms with Crippen LogP contribution in [0.4, 0.5) is 14.5 Å². The molecule has 0 saturated carbocycles. The molecule has 1 aliphatic heterocycles. The van der Waals surface area contributed by atoms with E-state index in [1.165, 1.54) is 24.3 Å². The zero-order valence-corrected chi connectivity index (χ0v) is 11.5. The van der Waals surface area contributed by atoms with Crippen LogP contribution in [-0.4, -0.2) is 33.4 Å². The predicted molar refractivity (Wildman–Crippen MR) is 71.5 cm³/mol. The minimum absolute atomic E-state index is 0.0118. The van der Waals surface area contributed by atoms with Gasteiger partial charge in [0, 0.05) is 12.2 Å². The first-order chi connectivity index (χ1) is 9.47. The fourth-order valence-electron chi connectivity index (χ4n) is 2.04. The van der Waals surface area contributed by atoms with Gasteiger partial charge in [0.1, 0.15) is 5.75 Å². The highest BCUT2D eigenvalue weighted by Gasteiger charge is 2.27. The number of halogens is 2. The SMILES string of the molecule is O=S(=O)(Nc1ccc(OC(F)F)cc1)C1CCCNC1. The standard InChI is InChI=1S/C12H16F2N2O3S/c13-12(14)19-10-5-3-9(4-6-10)16-20(17,18)11-2-1-7-15-8-11/h3-6,11-12,15-16H,1-2,7-8H2. The van der Waals surface area contributed by atoms with Crippen molar-refractivity contribution in [3.63, 3.8) is 0 Å². The van der Waals surface area contributed by atoms with Crippen LogP contribution in [0.15, 0.2) is 24.3 Å². The van der Waals surface area contributed by atoms with Crippen LogP contribution in [0.2, 0.25) is 0 Å². The van der Waals surface area contributed by atoms with Gasteiger partial charge in [0.25, 0.3) is 0 Å². The van der Waals surface area contributed by atoms with E-state index in [-0.39, 0.29) is 5.75 Å². The molecule has 1 unspecified atom stereocenters. The van der Waals surface area contributed by atoms with Gasteiger partial charge in [-0.1, -0.05) is 0 Å². The Hall–Kier alpha value is -1.41. The zero-order valence-electron chi connectivity index (χ0n) is 10.7. The molecule has 2 rings (SSSR count). The van der Waals surface area contributed by atoms with Crippen LogP contribution in [0.3, 0.4) is 0 Å². The predicted octanol–water partition coefficient (Wildman–Crippen LogP) is 1.78. The molecule has 20 heavy (non-hydrogen) atoms. The molecule has 1 aromatic rings. The van der Waals surface area contributed by atoms with Crippen molar-refractivity contribution in [2.24, 2.45) is 0 Å². The smallest absolute Gasteiger partial charge is 0.387 e. The van der Waals surface area contributed by atoms with Crippen molar-refractivity contribution in [3.8, 4) is 5.75 Å². The first kappa shape index (κ1) is 15.0. The van der Waals surface area contributed by atoms with E-state index in [4.69, 9.17) is 0 Å². The maximum absolute atomic E-state index is 12.1. The minimum atomic E-state index is -3.47.